The van der Waals surface area contributed by atoms with Crippen LogP contribution in [-0.4, -0.2) is 10.9 Å². The first-order chi connectivity index (χ1) is 5.83. The third-order valence-electron chi connectivity index (χ3n) is 1.25. The van der Waals surface area contributed by atoms with Gasteiger partial charge in [0.2, 0.25) is 5.91 Å². The molecule has 1 N–H and O–H groups in total. The Morgan fingerprint density at radius 2 is 2.67 bits per heavy atom. The minimum Gasteiger partial charge on any atom is -0.432 e. The summed E-state index contributed by atoms with van der Waals surface area (Å²) in [5.74, 6) is -0.114. The molecule has 0 unspecified atom stereocenters. The lowest BCUT2D eigenvalue weighted by molar-refractivity contribution is -0.116. The number of nitrogens with zero attached hydrogens (tertiary/aromatic N) is 1. The third kappa shape index (κ3) is 2.57. The van der Waals surface area contributed by atoms with E-state index in [1.165, 1.54) is 12.5 Å². The van der Waals surface area contributed by atoms with Crippen LogP contribution in [0.2, 0.25) is 0 Å². The highest BCUT2D eigenvalue weighted by molar-refractivity contribution is 5.88. The molecule has 0 aromatic carbocycles. The van der Waals surface area contributed by atoms with Crippen molar-refractivity contribution in [1.82, 2.24) is 4.98 Å². The number of aromatic nitrogens is 1. The molecule has 0 atom stereocenters. The predicted octanol–water partition coefficient (Wildman–Crippen LogP) is 1.58. The number of anilines is 1. The van der Waals surface area contributed by atoms with Gasteiger partial charge in [-0.1, -0.05) is 6.08 Å². The van der Waals surface area contributed by atoms with E-state index in [4.69, 9.17) is 4.42 Å². The number of hydrogen-bond acceptors (Lipinski definition) is 3. The van der Waals surface area contributed by atoms with Crippen molar-refractivity contribution in [3.05, 3.63) is 25.1 Å². The lowest BCUT2D eigenvalue weighted by Gasteiger charge is -1.96. The zero-order chi connectivity index (χ0) is 8.81. The van der Waals surface area contributed by atoms with E-state index in [1.807, 2.05) is 0 Å². The average Bonchev–Trinajstić information content (AvgIpc) is 2.53. The number of oxazole rings is 1. The Balaban J connectivity index is 2.32. The Hall–Kier alpha value is -1.58. The van der Waals surface area contributed by atoms with Crippen molar-refractivity contribution in [3.8, 4) is 0 Å². The second-order valence-corrected chi connectivity index (χ2v) is 2.21. The molecule has 1 amide bonds. The molecule has 0 aliphatic rings. The Labute approximate surface area is 70.3 Å². The lowest BCUT2D eigenvalue weighted by Crippen LogP contribution is -2.10. The van der Waals surface area contributed by atoms with E-state index in [0.717, 1.165) is 0 Å². The third-order valence-corrected chi connectivity index (χ3v) is 1.25. The van der Waals surface area contributed by atoms with Crippen molar-refractivity contribution in [2.75, 3.05) is 5.32 Å². The van der Waals surface area contributed by atoms with E-state index in [-0.39, 0.29) is 11.9 Å². The first-order valence-electron chi connectivity index (χ1n) is 3.63. The molecule has 4 heteroatoms. The summed E-state index contributed by atoms with van der Waals surface area (Å²) in [6, 6.07) is 0.240. The van der Waals surface area contributed by atoms with Crippen LogP contribution in [-0.2, 0) is 4.79 Å². The topological polar surface area (TPSA) is 55.1 Å². The molecular formula is C8H10N2O2. The molecule has 1 heterocycles. The second kappa shape index (κ2) is 4.33. The standard InChI is InChI=1S/C8H10N2O2/c1-2-3-4-7(11)10-8-9-5-6-12-8/h2,5-6H,1,3-4H2,(H,9,10,11). The summed E-state index contributed by atoms with van der Waals surface area (Å²) in [5.41, 5.74) is 0. The summed E-state index contributed by atoms with van der Waals surface area (Å²) >= 11 is 0. The van der Waals surface area contributed by atoms with Crippen LogP contribution in [0.5, 0.6) is 0 Å². The fourth-order valence-electron chi connectivity index (χ4n) is 0.700. The molecule has 64 valence electrons. The molecule has 0 aliphatic heterocycles. The molecule has 0 fully saturated rings. The molecular weight excluding hydrogens is 156 g/mol. The van der Waals surface area contributed by atoms with Crippen molar-refractivity contribution in [2.24, 2.45) is 0 Å². The van der Waals surface area contributed by atoms with Crippen LogP contribution in [0, 0.1) is 0 Å². The smallest absolute Gasteiger partial charge is 0.301 e. The highest BCUT2D eigenvalue weighted by atomic mass is 16.4. The predicted molar refractivity (Wildman–Crippen MR) is 44.6 cm³/mol. The SMILES string of the molecule is C=CCCC(=O)Nc1ncco1. The fourth-order valence-corrected chi connectivity index (χ4v) is 0.700. The zero-order valence-corrected chi connectivity index (χ0v) is 6.62. The van der Waals surface area contributed by atoms with Gasteiger partial charge in [-0.3, -0.25) is 10.1 Å². The molecule has 4 nitrogen and oxygen atoms in total. The maximum atomic E-state index is 11.0. The Morgan fingerprint density at radius 1 is 1.83 bits per heavy atom. The molecule has 0 bridgehead atoms. The molecule has 0 saturated carbocycles. The van der Waals surface area contributed by atoms with E-state index in [1.54, 1.807) is 6.08 Å². The molecule has 0 saturated heterocycles. The highest BCUT2D eigenvalue weighted by Crippen LogP contribution is 2.02. The molecule has 1 aromatic rings. The Morgan fingerprint density at radius 3 is 3.25 bits per heavy atom. The average molecular weight is 166 g/mol. The summed E-state index contributed by atoms with van der Waals surface area (Å²) in [7, 11) is 0. The van der Waals surface area contributed by atoms with Gasteiger partial charge >= 0.3 is 6.01 Å². The molecule has 0 radical (unpaired) electrons. The zero-order valence-electron chi connectivity index (χ0n) is 6.62. The van der Waals surface area contributed by atoms with Crippen LogP contribution >= 0.6 is 0 Å². The van der Waals surface area contributed by atoms with Crippen LogP contribution in [0.4, 0.5) is 6.01 Å². The number of hydrogen-bond donors (Lipinski definition) is 1. The second-order valence-electron chi connectivity index (χ2n) is 2.21. The summed E-state index contributed by atoms with van der Waals surface area (Å²) in [5, 5.41) is 2.49. The molecule has 1 rings (SSSR count). The monoisotopic (exact) mass is 166 g/mol. The van der Waals surface area contributed by atoms with Crippen LogP contribution < -0.4 is 5.32 Å². The van der Waals surface area contributed by atoms with E-state index >= 15 is 0 Å². The molecule has 0 aliphatic carbocycles. The quantitative estimate of drug-likeness (QED) is 0.691. The van der Waals surface area contributed by atoms with Gasteiger partial charge in [-0.05, 0) is 6.42 Å². The van der Waals surface area contributed by atoms with Crippen LogP contribution in [0.25, 0.3) is 0 Å². The van der Waals surface area contributed by atoms with Gasteiger partial charge < -0.3 is 4.42 Å². The molecule has 0 spiro atoms. The van der Waals surface area contributed by atoms with Gasteiger partial charge in [0, 0.05) is 6.42 Å². The summed E-state index contributed by atoms with van der Waals surface area (Å²) < 4.78 is 4.82. The number of carbonyl (C=O) groups excluding carboxylic acids is 1. The van der Waals surface area contributed by atoms with Gasteiger partial charge in [-0.25, -0.2) is 4.98 Å². The van der Waals surface area contributed by atoms with Crippen LogP contribution in [0.15, 0.2) is 29.5 Å². The summed E-state index contributed by atoms with van der Waals surface area (Å²) in [6.07, 6.45) is 5.64. The summed E-state index contributed by atoms with van der Waals surface area (Å²) in [6.45, 7) is 3.51. The van der Waals surface area contributed by atoms with Gasteiger partial charge in [0.15, 0.2) is 0 Å². The molecule has 12 heavy (non-hydrogen) atoms. The van der Waals surface area contributed by atoms with Gasteiger partial charge in [0.05, 0.1) is 6.20 Å². The number of nitrogens with one attached hydrogen (secondary N) is 1. The van der Waals surface area contributed by atoms with Crippen LogP contribution in [0.1, 0.15) is 12.8 Å². The van der Waals surface area contributed by atoms with E-state index in [0.29, 0.717) is 12.8 Å². The van der Waals surface area contributed by atoms with Gasteiger partial charge in [-0.15, -0.1) is 6.58 Å². The van der Waals surface area contributed by atoms with Crippen LogP contribution in [0.3, 0.4) is 0 Å². The van der Waals surface area contributed by atoms with Crippen molar-refractivity contribution in [2.45, 2.75) is 12.8 Å². The van der Waals surface area contributed by atoms with Gasteiger partial charge in [-0.2, -0.15) is 0 Å². The van der Waals surface area contributed by atoms with Gasteiger partial charge in [0.25, 0.3) is 0 Å². The fraction of sp³-hybridized carbons (Fsp3) is 0.250. The lowest BCUT2D eigenvalue weighted by atomic mass is 10.3. The van der Waals surface area contributed by atoms with E-state index in [9.17, 15) is 4.79 Å². The number of amides is 1. The number of rotatable bonds is 4. The first kappa shape index (κ1) is 8.52. The highest BCUT2D eigenvalue weighted by Gasteiger charge is 2.02. The first-order valence-corrected chi connectivity index (χ1v) is 3.63. The van der Waals surface area contributed by atoms with Crippen molar-refractivity contribution in [3.63, 3.8) is 0 Å². The summed E-state index contributed by atoms with van der Waals surface area (Å²) in [4.78, 5) is 14.8. The Kier molecular flexibility index (Phi) is 3.07. The van der Waals surface area contributed by atoms with Gasteiger partial charge in [0.1, 0.15) is 6.26 Å². The largest absolute Gasteiger partial charge is 0.432 e. The number of carbonyl (C=O) groups is 1. The van der Waals surface area contributed by atoms with Crippen molar-refractivity contribution in [1.29, 1.82) is 0 Å². The van der Waals surface area contributed by atoms with Crippen molar-refractivity contribution >= 4 is 11.9 Å². The Bertz CT molecular complexity index is 254. The normalized spacial score (nSPS) is 9.33. The number of allylic oxidation sites excluding steroid dienone is 1. The maximum absolute atomic E-state index is 11.0. The minimum absolute atomic E-state index is 0.114. The van der Waals surface area contributed by atoms with E-state index < -0.39 is 0 Å². The maximum Gasteiger partial charge on any atom is 0.301 e. The molecule has 1 aromatic heterocycles. The van der Waals surface area contributed by atoms with E-state index in [2.05, 4.69) is 16.9 Å². The van der Waals surface area contributed by atoms with Crippen molar-refractivity contribution < 1.29 is 9.21 Å². The minimum atomic E-state index is -0.114.